The number of nitrogens with one attached hydrogen (secondary N) is 2. The Hall–Kier alpha value is -4.01. The molecule has 0 bridgehead atoms. The summed E-state index contributed by atoms with van der Waals surface area (Å²) in [6.45, 7) is 0. The van der Waals surface area contributed by atoms with Crippen molar-refractivity contribution in [3.05, 3.63) is 109 Å². The van der Waals surface area contributed by atoms with Crippen LogP contribution in [0.3, 0.4) is 0 Å². The highest BCUT2D eigenvalue weighted by Crippen LogP contribution is 2.20. The van der Waals surface area contributed by atoms with Crippen molar-refractivity contribution in [2.75, 3.05) is 5.43 Å². The van der Waals surface area contributed by atoms with Gasteiger partial charge in [0, 0.05) is 0 Å². The average molecular weight is 471 g/mol. The molecule has 0 saturated heterocycles. The number of carbonyl (C=O) groups is 1. The van der Waals surface area contributed by atoms with E-state index < -0.39 is 22.0 Å². The lowest BCUT2D eigenvalue weighted by molar-refractivity contribution is -0.118. The number of para-hydroxylation sites is 2. The molecule has 1 aromatic heterocycles. The number of benzene rings is 4. The normalized spacial score (nSPS) is 12.6. The predicted molar refractivity (Wildman–Crippen MR) is 132 cm³/mol. The minimum absolute atomic E-state index is 0.102. The highest BCUT2D eigenvalue weighted by molar-refractivity contribution is 7.89. The first-order valence-electron chi connectivity index (χ1n) is 10.8. The number of aromatic nitrogens is 2. The molecule has 1 atom stereocenters. The lowest BCUT2D eigenvalue weighted by atomic mass is 10.1. The number of nitrogens with zero attached hydrogens (tertiary/aromatic N) is 2. The van der Waals surface area contributed by atoms with Crippen molar-refractivity contribution in [2.24, 2.45) is 0 Å². The van der Waals surface area contributed by atoms with Gasteiger partial charge in [-0.15, -0.1) is 0 Å². The summed E-state index contributed by atoms with van der Waals surface area (Å²) >= 11 is 0. The minimum atomic E-state index is -3.97. The smallest absolute Gasteiger partial charge is 0.257 e. The van der Waals surface area contributed by atoms with E-state index in [2.05, 4.69) is 15.1 Å². The molecule has 2 N–H and O–H groups in total. The second-order valence-electron chi connectivity index (χ2n) is 7.95. The fourth-order valence-corrected chi connectivity index (χ4v) is 5.10. The lowest BCUT2D eigenvalue weighted by Gasteiger charge is -2.19. The van der Waals surface area contributed by atoms with Gasteiger partial charge in [0.05, 0.1) is 15.9 Å². The van der Waals surface area contributed by atoms with Gasteiger partial charge in [-0.05, 0) is 47.0 Å². The molecule has 34 heavy (non-hydrogen) atoms. The summed E-state index contributed by atoms with van der Waals surface area (Å²) in [4.78, 5) is 17.7. The SMILES string of the molecule is O=C(Nn1cnc2ccccc21)C(Cc1ccccc1)NS(=O)(=O)c1ccc2ccccc2c1. The van der Waals surface area contributed by atoms with Crippen LogP contribution in [0.25, 0.3) is 21.8 Å². The van der Waals surface area contributed by atoms with Crippen LogP contribution in [-0.4, -0.2) is 30.0 Å². The van der Waals surface area contributed by atoms with E-state index in [0.29, 0.717) is 5.52 Å². The first kappa shape index (κ1) is 21.8. The largest absolute Gasteiger partial charge is 0.271 e. The van der Waals surface area contributed by atoms with Crippen LogP contribution in [0.5, 0.6) is 0 Å². The van der Waals surface area contributed by atoms with Gasteiger partial charge in [0.25, 0.3) is 5.91 Å². The molecular weight excluding hydrogens is 448 g/mol. The Morgan fingerprint density at radius 3 is 2.38 bits per heavy atom. The fourth-order valence-electron chi connectivity index (χ4n) is 3.87. The van der Waals surface area contributed by atoms with Gasteiger partial charge < -0.3 is 0 Å². The topological polar surface area (TPSA) is 93.1 Å². The molecule has 0 aliphatic rings. The number of rotatable bonds is 7. The third-order valence-electron chi connectivity index (χ3n) is 5.61. The molecule has 1 unspecified atom stereocenters. The number of imidazole rings is 1. The molecule has 8 heteroatoms. The van der Waals surface area contributed by atoms with Crippen LogP contribution in [0.1, 0.15) is 5.56 Å². The van der Waals surface area contributed by atoms with Gasteiger partial charge in [-0.1, -0.05) is 72.8 Å². The third kappa shape index (κ3) is 4.54. The van der Waals surface area contributed by atoms with E-state index >= 15 is 0 Å². The summed E-state index contributed by atoms with van der Waals surface area (Å²) in [5, 5.41) is 1.74. The molecule has 4 aromatic carbocycles. The number of hydrogen-bond donors (Lipinski definition) is 2. The Bertz CT molecular complexity index is 1580. The monoisotopic (exact) mass is 470 g/mol. The summed E-state index contributed by atoms with van der Waals surface area (Å²) in [5.41, 5.74) is 5.05. The Kier molecular flexibility index (Phi) is 5.83. The van der Waals surface area contributed by atoms with Crippen LogP contribution >= 0.6 is 0 Å². The Morgan fingerprint density at radius 1 is 0.853 bits per heavy atom. The van der Waals surface area contributed by atoms with Crippen LogP contribution in [0.4, 0.5) is 0 Å². The van der Waals surface area contributed by atoms with E-state index in [4.69, 9.17) is 0 Å². The zero-order chi connectivity index (χ0) is 23.5. The molecule has 0 aliphatic heterocycles. The maximum atomic E-state index is 13.3. The van der Waals surface area contributed by atoms with Crippen molar-refractivity contribution in [3.63, 3.8) is 0 Å². The van der Waals surface area contributed by atoms with Crippen LogP contribution < -0.4 is 10.1 Å². The summed E-state index contributed by atoms with van der Waals surface area (Å²) in [6.07, 6.45) is 1.69. The molecule has 0 aliphatic carbocycles. The Morgan fingerprint density at radius 2 is 1.56 bits per heavy atom. The van der Waals surface area contributed by atoms with Crippen molar-refractivity contribution in [3.8, 4) is 0 Å². The maximum absolute atomic E-state index is 13.3. The van der Waals surface area contributed by atoms with Crippen LogP contribution in [-0.2, 0) is 21.2 Å². The number of amides is 1. The second kappa shape index (κ2) is 9.09. The molecule has 0 fully saturated rings. The van der Waals surface area contributed by atoms with Gasteiger partial charge in [0.2, 0.25) is 10.0 Å². The number of carbonyl (C=O) groups excluding carboxylic acids is 1. The summed E-state index contributed by atoms with van der Waals surface area (Å²) in [5.74, 6) is -0.489. The van der Waals surface area contributed by atoms with Crippen LogP contribution in [0.15, 0.2) is 108 Å². The average Bonchev–Trinajstić information content (AvgIpc) is 3.26. The van der Waals surface area contributed by atoms with Crippen molar-refractivity contribution >= 4 is 37.7 Å². The van der Waals surface area contributed by atoms with Crippen molar-refractivity contribution in [1.29, 1.82) is 0 Å². The summed E-state index contributed by atoms with van der Waals surface area (Å²) in [7, 11) is -3.97. The van der Waals surface area contributed by atoms with Gasteiger partial charge in [-0.3, -0.25) is 10.2 Å². The van der Waals surface area contributed by atoms with E-state index in [1.54, 1.807) is 18.2 Å². The van der Waals surface area contributed by atoms with E-state index in [1.807, 2.05) is 78.9 Å². The highest BCUT2D eigenvalue weighted by Gasteiger charge is 2.27. The quantitative estimate of drug-likeness (QED) is 0.378. The van der Waals surface area contributed by atoms with E-state index in [9.17, 15) is 13.2 Å². The minimum Gasteiger partial charge on any atom is -0.271 e. The van der Waals surface area contributed by atoms with Gasteiger partial charge >= 0.3 is 0 Å². The number of sulfonamides is 1. The fraction of sp³-hybridized carbons (Fsp3) is 0.0769. The molecule has 1 heterocycles. The molecule has 0 saturated carbocycles. The molecule has 7 nitrogen and oxygen atoms in total. The van der Waals surface area contributed by atoms with Gasteiger partial charge in [0.15, 0.2) is 0 Å². The van der Waals surface area contributed by atoms with Gasteiger partial charge in [0.1, 0.15) is 12.4 Å². The van der Waals surface area contributed by atoms with E-state index in [0.717, 1.165) is 21.9 Å². The number of fused-ring (bicyclic) bond motifs is 2. The standard InChI is InChI=1S/C26H22N4O3S/c31-26(28-30-18-27-23-12-6-7-13-25(23)30)24(16-19-8-2-1-3-9-19)29-34(32,33)22-15-14-20-10-4-5-11-21(20)17-22/h1-15,17-18,24,29H,16H2,(H,28,31). The molecule has 0 radical (unpaired) electrons. The molecule has 1 amide bonds. The molecule has 5 aromatic rings. The zero-order valence-electron chi connectivity index (χ0n) is 18.1. The van der Waals surface area contributed by atoms with Gasteiger partial charge in [-0.25, -0.2) is 18.1 Å². The maximum Gasteiger partial charge on any atom is 0.257 e. The highest BCUT2D eigenvalue weighted by atomic mass is 32.2. The predicted octanol–water partition coefficient (Wildman–Crippen LogP) is 3.85. The van der Waals surface area contributed by atoms with E-state index in [-0.39, 0.29) is 11.3 Å². The Labute approximate surface area is 197 Å². The van der Waals surface area contributed by atoms with Crippen molar-refractivity contribution < 1.29 is 13.2 Å². The van der Waals surface area contributed by atoms with Crippen LogP contribution in [0.2, 0.25) is 0 Å². The van der Waals surface area contributed by atoms with Crippen LogP contribution in [0, 0.1) is 0 Å². The van der Waals surface area contributed by atoms with Crippen molar-refractivity contribution in [1.82, 2.24) is 14.4 Å². The second-order valence-corrected chi connectivity index (χ2v) is 9.67. The first-order chi connectivity index (χ1) is 16.5. The Balaban J connectivity index is 1.45. The van der Waals surface area contributed by atoms with E-state index in [1.165, 1.54) is 11.0 Å². The molecule has 0 spiro atoms. The molecule has 170 valence electrons. The zero-order valence-corrected chi connectivity index (χ0v) is 18.9. The number of hydrogen-bond acceptors (Lipinski definition) is 4. The summed E-state index contributed by atoms with van der Waals surface area (Å²) in [6, 6.07) is 28.1. The summed E-state index contributed by atoms with van der Waals surface area (Å²) < 4.78 is 30.7. The van der Waals surface area contributed by atoms with Gasteiger partial charge in [-0.2, -0.15) is 4.72 Å². The third-order valence-corrected chi connectivity index (χ3v) is 7.08. The molecular formula is C26H22N4O3S. The lowest BCUT2D eigenvalue weighted by Crippen LogP contribution is -2.46. The molecule has 5 rings (SSSR count). The van der Waals surface area contributed by atoms with Crippen molar-refractivity contribution in [2.45, 2.75) is 17.4 Å². The first-order valence-corrected chi connectivity index (χ1v) is 12.3.